The van der Waals surface area contributed by atoms with Crippen LogP contribution in [-0.2, 0) is 16.0 Å². The fourth-order valence-corrected chi connectivity index (χ4v) is 2.27. The molecule has 0 fully saturated rings. The second kappa shape index (κ2) is 10.4. The van der Waals surface area contributed by atoms with Crippen LogP contribution in [0.15, 0.2) is 34.9 Å². The van der Waals surface area contributed by atoms with Crippen molar-refractivity contribution in [3.8, 4) is 0 Å². The van der Waals surface area contributed by atoms with Gasteiger partial charge in [0.15, 0.2) is 5.69 Å². The quantitative estimate of drug-likeness (QED) is 0.629. The molecule has 0 aliphatic heterocycles. The number of ether oxygens (including phenoxy) is 2. The van der Waals surface area contributed by atoms with Gasteiger partial charge in [-0.25, -0.2) is 9.37 Å². The zero-order chi connectivity index (χ0) is 19.6. The van der Waals surface area contributed by atoms with Crippen LogP contribution in [0.3, 0.4) is 0 Å². The van der Waals surface area contributed by atoms with Crippen LogP contribution < -0.4 is 5.32 Å². The fourth-order valence-electron chi connectivity index (χ4n) is 2.27. The summed E-state index contributed by atoms with van der Waals surface area (Å²) in [5, 5.41) is 2.63. The maximum Gasteiger partial charge on any atom is 0.273 e. The molecule has 2 amide bonds. The van der Waals surface area contributed by atoms with Gasteiger partial charge in [0, 0.05) is 32.9 Å². The van der Waals surface area contributed by atoms with Crippen LogP contribution in [0, 0.1) is 5.82 Å². The van der Waals surface area contributed by atoms with Crippen molar-refractivity contribution >= 4 is 11.8 Å². The third-order valence-electron chi connectivity index (χ3n) is 3.63. The van der Waals surface area contributed by atoms with Crippen molar-refractivity contribution in [2.45, 2.75) is 6.54 Å². The molecule has 0 spiro atoms. The number of oxazole rings is 1. The number of nitrogens with zero attached hydrogens (tertiary/aromatic N) is 2. The number of benzene rings is 1. The van der Waals surface area contributed by atoms with Gasteiger partial charge in [0.05, 0.1) is 19.8 Å². The van der Waals surface area contributed by atoms with Gasteiger partial charge in [-0.15, -0.1) is 0 Å². The van der Waals surface area contributed by atoms with Crippen molar-refractivity contribution in [2.24, 2.45) is 0 Å². The van der Waals surface area contributed by atoms with Crippen molar-refractivity contribution in [3.63, 3.8) is 0 Å². The third-order valence-corrected chi connectivity index (χ3v) is 3.63. The van der Waals surface area contributed by atoms with Gasteiger partial charge in [0.1, 0.15) is 12.1 Å². The van der Waals surface area contributed by atoms with Crippen molar-refractivity contribution in [1.29, 1.82) is 0 Å². The molecule has 1 aromatic carbocycles. The van der Waals surface area contributed by atoms with Crippen LogP contribution in [0.4, 0.5) is 4.39 Å². The molecule has 9 heteroatoms. The van der Waals surface area contributed by atoms with Crippen molar-refractivity contribution in [3.05, 3.63) is 53.5 Å². The lowest BCUT2D eigenvalue weighted by Gasteiger charge is -2.20. The number of carbonyl (C=O) groups excluding carboxylic acids is 2. The van der Waals surface area contributed by atoms with Gasteiger partial charge in [0.25, 0.3) is 11.8 Å². The first-order valence-electron chi connectivity index (χ1n) is 8.30. The number of hydrogen-bond acceptors (Lipinski definition) is 6. The van der Waals surface area contributed by atoms with Gasteiger partial charge in [-0.3, -0.25) is 9.59 Å². The summed E-state index contributed by atoms with van der Waals surface area (Å²) < 4.78 is 28.6. The van der Waals surface area contributed by atoms with E-state index in [1.54, 1.807) is 0 Å². The Bertz CT molecular complexity index is 765. The number of halogens is 1. The monoisotopic (exact) mass is 379 g/mol. The van der Waals surface area contributed by atoms with E-state index in [-0.39, 0.29) is 36.8 Å². The molecule has 0 saturated carbocycles. The second-order valence-electron chi connectivity index (χ2n) is 5.61. The molecule has 8 nitrogen and oxygen atoms in total. The zero-order valence-electron chi connectivity index (χ0n) is 15.2. The smallest absolute Gasteiger partial charge is 0.273 e. The summed E-state index contributed by atoms with van der Waals surface area (Å²) in [4.78, 5) is 30.1. The molecule has 0 aliphatic carbocycles. The highest BCUT2D eigenvalue weighted by Gasteiger charge is 2.20. The van der Waals surface area contributed by atoms with Crippen LogP contribution in [0.25, 0.3) is 0 Å². The highest BCUT2D eigenvalue weighted by molar-refractivity contribution is 5.94. The molecule has 0 unspecified atom stereocenters. The summed E-state index contributed by atoms with van der Waals surface area (Å²) >= 11 is 0. The van der Waals surface area contributed by atoms with E-state index in [2.05, 4.69) is 10.3 Å². The van der Waals surface area contributed by atoms with Gasteiger partial charge in [-0.05, 0) is 18.2 Å². The molecular weight excluding hydrogens is 357 g/mol. The first-order valence-corrected chi connectivity index (χ1v) is 8.30. The summed E-state index contributed by atoms with van der Waals surface area (Å²) in [6, 6.07) is 5.41. The van der Waals surface area contributed by atoms with Crippen LogP contribution in [0.1, 0.15) is 26.7 Å². The highest BCUT2D eigenvalue weighted by Crippen LogP contribution is 2.12. The molecule has 1 N–H and O–H groups in total. The second-order valence-corrected chi connectivity index (χ2v) is 5.61. The summed E-state index contributed by atoms with van der Waals surface area (Å²) in [5.74, 6) is -1.11. The average Bonchev–Trinajstić information content (AvgIpc) is 3.13. The predicted octanol–water partition coefficient (Wildman–Crippen LogP) is 1.48. The van der Waals surface area contributed by atoms with E-state index in [4.69, 9.17) is 13.9 Å². The van der Waals surface area contributed by atoms with E-state index in [1.807, 2.05) is 0 Å². The van der Waals surface area contributed by atoms with E-state index in [9.17, 15) is 14.0 Å². The first kappa shape index (κ1) is 20.5. The molecule has 1 aromatic heterocycles. The Hall–Kier alpha value is -2.78. The number of methoxy groups -OCH3 is 2. The molecule has 1 heterocycles. The molecule has 146 valence electrons. The molecule has 2 rings (SSSR count). The van der Waals surface area contributed by atoms with Crippen LogP contribution in [0.2, 0.25) is 0 Å². The number of aromatic nitrogens is 1. The lowest BCUT2D eigenvalue weighted by Crippen LogP contribution is -2.33. The van der Waals surface area contributed by atoms with E-state index in [0.717, 1.165) is 6.07 Å². The number of hydrogen-bond donors (Lipinski definition) is 1. The minimum absolute atomic E-state index is 0.0179. The molecule has 0 atom stereocenters. The Morgan fingerprint density at radius 3 is 2.74 bits per heavy atom. The van der Waals surface area contributed by atoms with E-state index in [0.29, 0.717) is 13.2 Å². The number of amides is 2. The maximum atomic E-state index is 13.4. The summed E-state index contributed by atoms with van der Waals surface area (Å²) in [7, 11) is 3.04. The van der Waals surface area contributed by atoms with Gasteiger partial charge >= 0.3 is 0 Å². The van der Waals surface area contributed by atoms with Crippen molar-refractivity contribution in [1.82, 2.24) is 15.2 Å². The molecule has 0 radical (unpaired) electrons. The Labute approximate surface area is 156 Å². The molecule has 0 saturated heterocycles. The minimum atomic E-state index is -0.501. The number of carbonyl (C=O) groups is 2. The number of nitrogens with one attached hydrogen (secondary N) is 1. The third kappa shape index (κ3) is 6.15. The standard InChI is InChI=1S/C18H22FN3O5/c1-25-8-6-20-17(23)15-12-27-16(21-15)11-22(7-9-26-2)18(24)13-4-3-5-14(19)10-13/h3-5,10,12H,6-9,11H2,1-2H3,(H,20,23). The summed E-state index contributed by atoms with van der Waals surface area (Å²) in [6.45, 7) is 1.28. The van der Waals surface area contributed by atoms with Crippen LogP contribution in [0.5, 0.6) is 0 Å². The Morgan fingerprint density at radius 1 is 1.26 bits per heavy atom. The molecular formula is C18H22FN3O5. The van der Waals surface area contributed by atoms with Crippen LogP contribution >= 0.6 is 0 Å². The lowest BCUT2D eigenvalue weighted by atomic mass is 10.2. The molecule has 2 aromatic rings. The largest absolute Gasteiger partial charge is 0.446 e. The van der Waals surface area contributed by atoms with Gasteiger partial charge in [-0.2, -0.15) is 0 Å². The first-order chi connectivity index (χ1) is 13.0. The van der Waals surface area contributed by atoms with E-state index in [1.165, 1.54) is 43.6 Å². The van der Waals surface area contributed by atoms with Crippen LogP contribution in [-0.4, -0.2) is 62.2 Å². The topological polar surface area (TPSA) is 93.9 Å². The predicted molar refractivity (Wildman–Crippen MR) is 93.7 cm³/mol. The minimum Gasteiger partial charge on any atom is -0.446 e. The lowest BCUT2D eigenvalue weighted by molar-refractivity contribution is 0.0662. The van der Waals surface area contributed by atoms with Crippen molar-refractivity contribution < 1.29 is 27.9 Å². The van der Waals surface area contributed by atoms with Gasteiger partial charge < -0.3 is 24.1 Å². The van der Waals surface area contributed by atoms with Gasteiger partial charge in [0.2, 0.25) is 5.89 Å². The highest BCUT2D eigenvalue weighted by atomic mass is 19.1. The van der Waals surface area contributed by atoms with Crippen molar-refractivity contribution in [2.75, 3.05) is 40.5 Å². The van der Waals surface area contributed by atoms with Gasteiger partial charge in [-0.1, -0.05) is 6.07 Å². The zero-order valence-corrected chi connectivity index (χ0v) is 15.2. The maximum absolute atomic E-state index is 13.4. The number of rotatable bonds is 10. The van der Waals surface area contributed by atoms with E-state index < -0.39 is 17.6 Å². The normalized spacial score (nSPS) is 10.6. The molecule has 0 bridgehead atoms. The average molecular weight is 379 g/mol. The Morgan fingerprint density at radius 2 is 2.04 bits per heavy atom. The molecule has 27 heavy (non-hydrogen) atoms. The summed E-state index contributed by atoms with van der Waals surface area (Å²) in [6.07, 6.45) is 1.22. The Kier molecular flexibility index (Phi) is 7.90. The molecule has 0 aliphatic rings. The summed E-state index contributed by atoms with van der Waals surface area (Å²) in [5.41, 5.74) is 0.307. The Balaban J connectivity index is 2.07. The fraction of sp³-hybridized carbons (Fsp3) is 0.389. The van der Waals surface area contributed by atoms with E-state index >= 15 is 0 Å². The SMILES string of the molecule is COCCNC(=O)c1coc(CN(CCOC)C(=O)c2cccc(F)c2)n1.